The Morgan fingerprint density at radius 3 is 3.00 bits per heavy atom. The highest BCUT2D eigenvalue weighted by molar-refractivity contribution is 6.07. The summed E-state index contributed by atoms with van der Waals surface area (Å²) in [5, 5.41) is 6.48. The highest BCUT2D eigenvalue weighted by Gasteiger charge is 1.85. The minimum absolute atomic E-state index is 0.937. The standard InChI is InChI=1S/C3H7N3Si/c7-1-3-4-2-5-6-3/h2H,1H2,7H3,(H,4,5,6). The molecule has 38 valence electrons. The van der Waals surface area contributed by atoms with Crippen LogP contribution in [0.4, 0.5) is 0 Å². The summed E-state index contributed by atoms with van der Waals surface area (Å²) in [6.45, 7) is 0. The van der Waals surface area contributed by atoms with Gasteiger partial charge in [0.2, 0.25) is 0 Å². The lowest BCUT2D eigenvalue weighted by Gasteiger charge is -1.75. The molecule has 0 atom stereocenters. The molecule has 1 heterocycles. The summed E-state index contributed by atoms with van der Waals surface area (Å²) in [5.74, 6) is 0.937. The zero-order chi connectivity index (χ0) is 5.11. The van der Waals surface area contributed by atoms with Gasteiger partial charge in [-0.25, -0.2) is 4.98 Å². The number of hydrogen-bond donors (Lipinski definition) is 1. The van der Waals surface area contributed by atoms with Crippen molar-refractivity contribution in [2.24, 2.45) is 0 Å². The minimum atomic E-state index is 0.937. The molecule has 1 N–H and O–H groups in total. The molecule has 0 aliphatic carbocycles. The minimum Gasteiger partial charge on any atom is -0.266 e. The molecule has 0 aliphatic rings. The largest absolute Gasteiger partial charge is 0.266 e. The number of nitrogens with zero attached hydrogens (tertiary/aromatic N) is 2. The van der Waals surface area contributed by atoms with Crippen molar-refractivity contribution < 1.29 is 0 Å². The van der Waals surface area contributed by atoms with Crippen LogP contribution in [-0.4, -0.2) is 25.4 Å². The van der Waals surface area contributed by atoms with E-state index in [1.807, 2.05) is 0 Å². The van der Waals surface area contributed by atoms with Crippen LogP contribution in [0.25, 0.3) is 0 Å². The maximum atomic E-state index is 3.90. The lowest BCUT2D eigenvalue weighted by Crippen LogP contribution is -1.84. The van der Waals surface area contributed by atoms with Gasteiger partial charge in [0.25, 0.3) is 0 Å². The first-order chi connectivity index (χ1) is 3.43. The van der Waals surface area contributed by atoms with Gasteiger partial charge in [0.05, 0.1) is 0 Å². The van der Waals surface area contributed by atoms with Crippen LogP contribution in [0.2, 0.25) is 0 Å². The van der Waals surface area contributed by atoms with E-state index in [2.05, 4.69) is 15.2 Å². The highest BCUT2D eigenvalue weighted by Crippen LogP contribution is 1.79. The van der Waals surface area contributed by atoms with Crippen LogP contribution in [0, 0.1) is 0 Å². The molecule has 0 saturated heterocycles. The molecule has 3 nitrogen and oxygen atoms in total. The molecule has 0 amide bonds. The van der Waals surface area contributed by atoms with Crippen LogP contribution in [0.3, 0.4) is 0 Å². The first-order valence-electron chi connectivity index (χ1n) is 2.28. The SMILES string of the molecule is [SiH3]Cc1nc[nH]n1. The van der Waals surface area contributed by atoms with E-state index in [0.717, 1.165) is 22.1 Å². The predicted octanol–water partition coefficient (Wildman–Crippen LogP) is -1.33. The van der Waals surface area contributed by atoms with Crippen LogP contribution < -0.4 is 0 Å². The third-order valence-electron chi connectivity index (χ3n) is 0.781. The van der Waals surface area contributed by atoms with Crippen LogP contribution in [0.5, 0.6) is 0 Å². The van der Waals surface area contributed by atoms with Crippen molar-refractivity contribution in [3.8, 4) is 0 Å². The van der Waals surface area contributed by atoms with E-state index in [9.17, 15) is 0 Å². The maximum Gasteiger partial charge on any atom is 0.146 e. The van der Waals surface area contributed by atoms with E-state index < -0.39 is 0 Å². The molecule has 1 aromatic heterocycles. The molecule has 0 fully saturated rings. The Hall–Kier alpha value is -0.643. The van der Waals surface area contributed by atoms with E-state index in [-0.39, 0.29) is 0 Å². The van der Waals surface area contributed by atoms with Crippen molar-refractivity contribution in [1.29, 1.82) is 0 Å². The van der Waals surface area contributed by atoms with Gasteiger partial charge in [-0.05, 0) is 6.04 Å². The Balaban J connectivity index is 2.76. The molecule has 0 bridgehead atoms. The third kappa shape index (κ3) is 0.864. The Labute approximate surface area is 44.6 Å². The number of rotatable bonds is 1. The van der Waals surface area contributed by atoms with Gasteiger partial charge in [0.1, 0.15) is 12.2 Å². The van der Waals surface area contributed by atoms with Gasteiger partial charge in [0.15, 0.2) is 0 Å². The number of hydrogen-bond acceptors (Lipinski definition) is 2. The average molecular weight is 113 g/mol. The van der Waals surface area contributed by atoms with Gasteiger partial charge in [-0.15, -0.1) is 0 Å². The van der Waals surface area contributed by atoms with Gasteiger partial charge in [0, 0.05) is 10.2 Å². The summed E-state index contributed by atoms with van der Waals surface area (Å²) < 4.78 is 0. The summed E-state index contributed by atoms with van der Waals surface area (Å²) in [5.41, 5.74) is 0. The highest BCUT2D eigenvalue weighted by atomic mass is 28.1. The van der Waals surface area contributed by atoms with Gasteiger partial charge in [-0.2, -0.15) is 5.10 Å². The zero-order valence-electron chi connectivity index (χ0n) is 4.18. The van der Waals surface area contributed by atoms with Crippen molar-refractivity contribution in [2.75, 3.05) is 0 Å². The molecule has 7 heavy (non-hydrogen) atoms. The summed E-state index contributed by atoms with van der Waals surface area (Å²) in [6, 6.07) is 1.05. The van der Waals surface area contributed by atoms with Crippen molar-refractivity contribution in [1.82, 2.24) is 15.2 Å². The van der Waals surface area contributed by atoms with E-state index in [0.29, 0.717) is 0 Å². The normalized spacial score (nSPS) is 9.71. The van der Waals surface area contributed by atoms with Gasteiger partial charge in [-0.3, -0.25) is 5.10 Å². The van der Waals surface area contributed by atoms with Crippen LogP contribution in [0.15, 0.2) is 6.33 Å². The molecule has 0 aromatic carbocycles. The number of nitrogens with one attached hydrogen (secondary N) is 1. The second-order valence-corrected chi connectivity index (χ2v) is 1.98. The fourth-order valence-corrected chi connectivity index (χ4v) is 0.747. The molecular weight excluding hydrogens is 106 g/mol. The number of aromatic nitrogens is 3. The molecule has 1 aromatic rings. The summed E-state index contributed by atoms with van der Waals surface area (Å²) >= 11 is 0. The van der Waals surface area contributed by atoms with Crippen LogP contribution >= 0.6 is 0 Å². The molecule has 0 spiro atoms. The molecule has 4 heteroatoms. The Kier molecular flexibility index (Phi) is 1.21. The maximum absolute atomic E-state index is 3.90. The molecule has 0 unspecified atom stereocenters. The van der Waals surface area contributed by atoms with Crippen molar-refractivity contribution in [2.45, 2.75) is 6.04 Å². The van der Waals surface area contributed by atoms with E-state index >= 15 is 0 Å². The fraction of sp³-hybridized carbons (Fsp3) is 0.333. The molecule has 0 aliphatic heterocycles. The Morgan fingerprint density at radius 1 is 1.86 bits per heavy atom. The lowest BCUT2D eigenvalue weighted by molar-refractivity contribution is 1.02. The number of aromatic amines is 1. The number of H-pyrrole nitrogens is 1. The van der Waals surface area contributed by atoms with E-state index in [1.165, 1.54) is 0 Å². The molecular formula is C3H7N3Si. The summed E-state index contributed by atoms with van der Waals surface area (Å²) in [4.78, 5) is 3.90. The Morgan fingerprint density at radius 2 is 2.71 bits per heavy atom. The van der Waals surface area contributed by atoms with Gasteiger partial charge < -0.3 is 0 Å². The lowest BCUT2D eigenvalue weighted by atomic mass is 10.7. The van der Waals surface area contributed by atoms with E-state index in [1.54, 1.807) is 6.33 Å². The van der Waals surface area contributed by atoms with Crippen LogP contribution in [0.1, 0.15) is 5.82 Å². The molecule has 1 rings (SSSR count). The summed E-state index contributed by atoms with van der Waals surface area (Å²) in [7, 11) is 1.15. The molecule has 0 radical (unpaired) electrons. The van der Waals surface area contributed by atoms with Crippen LogP contribution in [-0.2, 0) is 6.04 Å². The van der Waals surface area contributed by atoms with Gasteiger partial charge in [-0.1, -0.05) is 0 Å². The first-order valence-corrected chi connectivity index (χ1v) is 3.69. The topological polar surface area (TPSA) is 41.6 Å². The smallest absolute Gasteiger partial charge is 0.146 e. The quantitative estimate of drug-likeness (QED) is 0.458. The average Bonchev–Trinajstić information content (AvgIpc) is 2.14. The van der Waals surface area contributed by atoms with Crippen molar-refractivity contribution >= 4 is 10.2 Å². The second kappa shape index (κ2) is 1.88. The molecule has 0 saturated carbocycles. The first kappa shape index (κ1) is 4.51. The van der Waals surface area contributed by atoms with E-state index in [4.69, 9.17) is 0 Å². The Bertz CT molecular complexity index is 125. The zero-order valence-corrected chi connectivity index (χ0v) is 6.18. The fourth-order valence-electron chi connectivity index (χ4n) is 0.406. The van der Waals surface area contributed by atoms with Crippen molar-refractivity contribution in [3.05, 3.63) is 12.2 Å². The predicted molar refractivity (Wildman–Crippen MR) is 30.0 cm³/mol. The van der Waals surface area contributed by atoms with Gasteiger partial charge >= 0.3 is 0 Å². The summed E-state index contributed by atoms with van der Waals surface area (Å²) in [6.07, 6.45) is 1.60. The van der Waals surface area contributed by atoms with Crippen molar-refractivity contribution in [3.63, 3.8) is 0 Å². The monoisotopic (exact) mass is 113 g/mol. The second-order valence-electron chi connectivity index (χ2n) is 1.27. The third-order valence-corrected chi connectivity index (χ3v) is 1.41.